The molecule has 0 bridgehead atoms. The molecule has 1 amide bonds. The average Bonchev–Trinajstić information content (AvgIpc) is 2.57. The van der Waals surface area contributed by atoms with Gasteiger partial charge in [0.25, 0.3) is 5.91 Å². The van der Waals surface area contributed by atoms with Crippen LogP contribution < -0.4 is 5.32 Å². The maximum atomic E-state index is 12.2. The first-order valence-corrected chi connectivity index (χ1v) is 7.54. The number of nitrogens with one attached hydrogen (secondary N) is 1. The normalized spacial score (nSPS) is 10.2. The summed E-state index contributed by atoms with van der Waals surface area (Å²) in [7, 11) is 0. The van der Waals surface area contributed by atoms with Gasteiger partial charge >= 0.3 is 0 Å². The summed E-state index contributed by atoms with van der Waals surface area (Å²) in [5.41, 5.74) is 1.89. The molecule has 1 aromatic heterocycles. The molecule has 1 N–H and O–H groups in total. The lowest BCUT2D eigenvalue weighted by atomic mass is 10.1. The Morgan fingerprint density at radius 1 is 1.00 bits per heavy atom. The van der Waals surface area contributed by atoms with Crippen molar-refractivity contribution < 1.29 is 9.59 Å². The number of amides is 1. The fourth-order valence-corrected chi connectivity index (χ4v) is 2.11. The second-order valence-corrected chi connectivity index (χ2v) is 5.03. The van der Waals surface area contributed by atoms with Gasteiger partial charge in [0.15, 0.2) is 5.78 Å². The third-order valence-electron chi connectivity index (χ3n) is 3.50. The fraction of sp³-hybridized carbons (Fsp3) is 0.294. The molecule has 0 aliphatic rings. The smallest absolute Gasteiger partial charge is 0.256 e. The Hall–Kier alpha value is -2.76. The number of rotatable bonds is 6. The van der Waals surface area contributed by atoms with Crippen LogP contribution in [0.15, 0.2) is 36.7 Å². The van der Waals surface area contributed by atoms with Gasteiger partial charge in [0.1, 0.15) is 0 Å². The first kappa shape index (κ1) is 16.6. The highest BCUT2D eigenvalue weighted by Crippen LogP contribution is 2.14. The molecule has 0 saturated heterocycles. The van der Waals surface area contributed by atoms with Crippen molar-refractivity contribution in [1.82, 2.24) is 14.9 Å². The summed E-state index contributed by atoms with van der Waals surface area (Å²) in [6.07, 6.45) is 3.03. The molecule has 23 heavy (non-hydrogen) atoms. The van der Waals surface area contributed by atoms with E-state index in [9.17, 15) is 9.59 Å². The van der Waals surface area contributed by atoms with Crippen LogP contribution in [-0.2, 0) is 0 Å². The summed E-state index contributed by atoms with van der Waals surface area (Å²) in [5.74, 6) is 0.344. The van der Waals surface area contributed by atoms with Crippen LogP contribution in [0.25, 0.3) is 0 Å². The molecule has 2 rings (SSSR count). The molecule has 0 fully saturated rings. The zero-order valence-corrected chi connectivity index (χ0v) is 13.5. The van der Waals surface area contributed by atoms with Crippen LogP contribution in [-0.4, -0.2) is 39.6 Å². The minimum Gasteiger partial charge on any atom is -0.339 e. The van der Waals surface area contributed by atoms with E-state index >= 15 is 0 Å². The van der Waals surface area contributed by atoms with E-state index in [1.807, 2.05) is 13.8 Å². The van der Waals surface area contributed by atoms with Crippen LogP contribution in [0.1, 0.15) is 41.5 Å². The topological polar surface area (TPSA) is 75.2 Å². The summed E-state index contributed by atoms with van der Waals surface area (Å²) in [6, 6.07) is 7.05. The van der Waals surface area contributed by atoms with Crippen LogP contribution in [0.5, 0.6) is 0 Å². The quantitative estimate of drug-likeness (QED) is 0.830. The monoisotopic (exact) mass is 312 g/mol. The molecule has 0 spiro atoms. The number of hydrogen-bond donors (Lipinski definition) is 1. The molecule has 0 aliphatic heterocycles. The van der Waals surface area contributed by atoms with Gasteiger partial charge in [-0.15, -0.1) is 0 Å². The summed E-state index contributed by atoms with van der Waals surface area (Å²) >= 11 is 0. The highest BCUT2D eigenvalue weighted by atomic mass is 16.2. The maximum Gasteiger partial charge on any atom is 0.256 e. The lowest BCUT2D eigenvalue weighted by molar-refractivity contribution is 0.0772. The highest BCUT2D eigenvalue weighted by Gasteiger charge is 2.13. The molecule has 0 atom stereocenters. The van der Waals surface area contributed by atoms with E-state index in [0.29, 0.717) is 30.2 Å². The fourth-order valence-electron chi connectivity index (χ4n) is 2.11. The largest absolute Gasteiger partial charge is 0.339 e. The van der Waals surface area contributed by atoms with Crippen molar-refractivity contribution in [3.63, 3.8) is 0 Å². The molecule has 1 heterocycles. The van der Waals surface area contributed by atoms with Gasteiger partial charge in [-0.1, -0.05) is 0 Å². The Morgan fingerprint density at radius 2 is 1.57 bits per heavy atom. The van der Waals surface area contributed by atoms with E-state index in [1.165, 1.54) is 19.3 Å². The second-order valence-electron chi connectivity index (χ2n) is 5.03. The van der Waals surface area contributed by atoms with Gasteiger partial charge in [0.2, 0.25) is 5.95 Å². The number of hydrogen-bond acceptors (Lipinski definition) is 5. The number of Topliss-reactive ketones (excluding diaryl/α,β-unsaturated/α-hetero) is 1. The van der Waals surface area contributed by atoms with Crippen molar-refractivity contribution in [3.8, 4) is 0 Å². The SMILES string of the molecule is CCN(CC)C(=O)c1cnc(Nc2ccc(C(C)=O)cc2)nc1. The molecule has 0 unspecified atom stereocenters. The Kier molecular flexibility index (Phi) is 5.41. The molecular formula is C17H20N4O2. The first-order chi connectivity index (χ1) is 11.0. The van der Waals surface area contributed by atoms with Crippen molar-refractivity contribution in [2.24, 2.45) is 0 Å². The van der Waals surface area contributed by atoms with Gasteiger partial charge in [-0.05, 0) is 45.0 Å². The minimum atomic E-state index is -0.0765. The summed E-state index contributed by atoms with van der Waals surface area (Å²) < 4.78 is 0. The van der Waals surface area contributed by atoms with Crippen LogP contribution in [0.3, 0.4) is 0 Å². The van der Waals surface area contributed by atoms with Crippen molar-refractivity contribution in [2.45, 2.75) is 20.8 Å². The number of anilines is 2. The van der Waals surface area contributed by atoms with Gasteiger partial charge in [-0.3, -0.25) is 9.59 Å². The zero-order valence-electron chi connectivity index (χ0n) is 13.5. The predicted molar refractivity (Wildman–Crippen MR) is 89.0 cm³/mol. The summed E-state index contributed by atoms with van der Waals surface area (Å²) in [5, 5.41) is 3.03. The Labute approximate surface area is 135 Å². The van der Waals surface area contributed by atoms with Gasteiger partial charge < -0.3 is 10.2 Å². The van der Waals surface area contributed by atoms with Gasteiger partial charge in [-0.25, -0.2) is 9.97 Å². The molecule has 120 valence electrons. The number of ketones is 1. The Bertz CT molecular complexity index is 677. The summed E-state index contributed by atoms with van der Waals surface area (Å²) in [4.78, 5) is 33.5. The minimum absolute atomic E-state index is 0.0204. The lowest BCUT2D eigenvalue weighted by Gasteiger charge is -2.18. The molecule has 2 aromatic rings. The highest BCUT2D eigenvalue weighted by molar-refractivity contribution is 5.94. The number of nitrogens with zero attached hydrogens (tertiary/aromatic N) is 3. The molecule has 1 aromatic carbocycles. The molecule has 6 nitrogen and oxygen atoms in total. The van der Waals surface area contributed by atoms with Crippen LogP contribution in [0.2, 0.25) is 0 Å². The van der Waals surface area contributed by atoms with Crippen molar-refractivity contribution >= 4 is 23.3 Å². The molecule has 0 radical (unpaired) electrons. The Morgan fingerprint density at radius 3 is 2.04 bits per heavy atom. The van der Waals surface area contributed by atoms with Gasteiger partial charge in [0.05, 0.1) is 5.56 Å². The third kappa shape index (κ3) is 4.12. The zero-order chi connectivity index (χ0) is 16.8. The van der Waals surface area contributed by atoms with Crippen LogP contribution in [0, 0.1) is 0 Å². The molecular weight excluding hydrogens is 292 g/mol. The van der Waals surface area contributed by atoms with E-state index < -0.39 is 0 Å². The molecule has 0 aliphatic carbocycles. The van der Waals surface area contributed by atoms with E-state index in [1.54, 1.807) is 29.2 Å². The maximum absolute atomic E-state index is 12.2. The molecule has 0 saturated carbocycles. The van der Waals surface area contributed by atoms with Crippen molar-refractivity contribution in [1.29, 1.82) is 0 Å². The average molecular weight is 312 g/mol. The number of carbonyl (C=O) groups excluding carboxylic acids is 2. The van der Waals surface area contributed by atoms with Gasteiger partial charge in [-0.2, -0.15) is 0 Å². The number of benzene rings is 1. The second kappa shape index (κ2) is 7.49. The Balaban J connectivity index is 2.07. The van der Waals surface area contributed by atoms with Gasteiger partial charge in [0, 0.05) is 36.7 Å². The predicted octanol–water partition coefficient (Wildman–Crippen LogP) is 2.90. The standard InChI is InChI=1S/C17H20N4O2/c1-4-21(5-2)16(23)14-10-18-17(19-11-14)20-15-8-6-13(7-9-15)12(3)22/h6-11H,4-5H2,1-3H3,(H,18,19,20). The first-order valence-electron chi connectivity index (χ1n) is 7.54. The van der Waals surface area contributed by atoms with E-state index in [2.05, 4.69) is 15.3 Å². The third-order valence-corrected chi connectivity index (χ3v) is 3.50. The lowest BCUT2D eigenvalue weighted by Crippen LogP contribution is -2.30. The molecule has 6 heteroatoms. The summed E-state index contributed by atoms with van der Waals surface area (Å²) in [6.45, 7) is 6.69. The number of aromatic nitrogens is 2. The number of carbonyl (C=O) groups is 2. The van der Waals surface area contributed by atoms with E-state index in [4.69, 9.17) is 0 Å². The van der Waals surface area contributed by atoms with Crippen molar-refractivity contribution in [3.05, 3.63) is 47.8 Å². The van der Waals surface area contributed by atoms with Crippen LogP contribution in [0.4, 0.5) is 11.6 Å². The van der Waals surface area contributed by atoms with E-state index in [0.717, 1.165) is 5.69 Å². The van der Waals surface area contributed by atoms with Crippen LogP contribution >= 0.6 is 0 Å². The van der Waals surface area contributed by atoms with E-state index in [-0.39, 0.29) is 11.7 Å². The van der Waals surface area contributed by atoms with Crippen molar-refractivity contribution in [2.75, 3.05) is 18.4 Å².